The fourth-order valence-electron chi connectivity index (χ4n) is 1.15. The van der Waals surface area contributed by atoms with Crippen LogP contribution < -0.4 is 4.90 Å². The second-order valence-corrected chi connectivity index (χ2v) is 3.90. The van der Waals surface area contributed by atoms with Crippen molar-refractivity contribution in [2.75, 3.05) is 25.1 Å². The summed E-state index contributed by atoms with van der Waals surface area (Å²) in [5, 5.41) is 0. The number of hydrogen-bond acceptors (Lipinski definition) is 6. The van der Waals surface area contributed by atoms with Gasteiger partial charge in [-0.25, -0.2) is 0 Å². The van der Waals surface area contributed by atoms with Crippen LogP contribution in [0.1, 0.15) is 26.5 Å². The molecule has 0 unspecified atom stereocenters. The van der Waals surface area contributed by atoms with E-state index in [9.17, 15) is 0 Å². The molecule has 0 saturated carbocycles. The van der Waals surface area contributed by atoms with Crippen molar-refractivity contribution in [1.29, 1.82) is 0 Å². The Morgan fingerprint density at radius 2 is 2.11 bits per heavy atom. The highest BCUT2D eigenvalue weighted by molar-refractivity contribution is 5.24. The van der Waals surface area contributed by atoms with Crippen molar-refractivity contribution in [3.63, 3.8) is 0 Å². The Kier molecular flexibility index (Phi) is 8.53. The molecule has 0 aromatic carbocycles. The molecule has 0 N–H and O–H groups in total. The summed E-state index contributed by atoms with van der Waals surface area (Å²) in [6, 6.07) is 0.666. The molecule has 0 spiro atoms. The number of carbonyl (C=O) groups excluding carboxylic acids is 2. The summed E-state index contributed by atoms with van der Waals surface area (Å²) in [6.45, 7) is 7.60. The van der Waals surface area contributed by atoms with Crippen molar-refractivity contribution in [1.82, 2.24) is 4.98 Å². The Morgan fingerprint density at radius 3 is 2.56 bits per heavy atom. The molecule has 1 rings (SSSR count). The highest BCUT2D eigenvalue weighted by Gasteiger charge is 2.07. The molecule has 0 aliphatic rings. The van der Waals surface area contributed by atoms with Crippen LogP contribution in [0.25, 0.3) is 0 Å². The van der Waals surface area contributed by atoms with E-state index >= 15 is 0 Å². The summed E-state index contributed by atoms with van der Waals surface area (Å²) in [6.07, 6.45) is 3.13. The molecule has 0 bridgehead atoms. The number of oxazole rings is 1. The third-order valence-electron chi connectivity index (χ3n) is 2.11. The zero-order valence-corrected chi connectivity index (χ0v) is 11.3. The Bertz CT molecular complexity index is 357. The van der Waals surface area contributed by atoms with Gasteiger partial charge in [-0.05, 0) is 20.3 Å². The van der Waals surface area contributed by atoms with Gasteiger partial charge >= 0.3 is 6.15 Å². The van der Waals surface area contributed by atoms with E-state index in [1.807, 2.05) is 25.8 Å². The quantitative estimate of drug-likeness (QED) is 0.768. The van der Waals surface area contributed by atoms with Crippen LogP contribution in [0.4, 0.5) is 6.01 Å². The maximum Gasteiger partial charge on any atom is 0.373 e. The van der Waals surface area contributed by atoms with Gasteiger partial charge in [0.1, 0.15) is 6.26 Å². The molecule has 1 heterocycles. The summed E-state index contributed by atoms with van der Waals surface area (Å²) in [5.74, 6) is 0. The predicted molar refractivity (Wildman–Crippen MR) is 65.2 cm³/mol. The van der Waals surface area contributed by atoms with Crippen molar-refractivity contribution in [3.8, 4) is 0 Å². The van der Waals surface area contributed by atoms with E-state index in [0.29, 0.717) is 12.6 Å². The molecule has 0 radical (unpaired) electrons. The van der Waals surface area contributed by atoms with Crippen LogP contribution in [0.5, 0.6) is 0 Å². The van der Waals surface area contributed by atoms with Gasteiger partial charge in [-0.2, -0.15) is 14.6 Å². The molecule has 0 atom stereocenters. The van der Waals surface area contributed by atoms with Crippen molar-refractivity contribution < 1.29 is 18.7 Å². The fraction of sp³-hybridized carbons (Fsp3) is 0.667. The van der Waals surface area contributed by atoms with E-state index in [2.05, 4.69) is 11.9 Å². The molecule has 0 aliphatic carbocycles. The van der Waals surface area contributed by atoms with Crippen LogP contribution in [-0.2, 0) is 20.7 Å². The zero-order valence-electron chi connectivity index (χ0n) is 11.3. The van der Waals surface area contributed by atoms with E-state index in [4.69, 9.17) is 18.7 Å². The molecule has 18 heavy (non-hydrogen) atoms. The van der Waals surface area contributed by atoms with E-state index in [0.717, 1.165) is 18.7 Å². The highest BCUT2D eigenvalue weighted by Crippen LogP contribution is 2.11. The normalized spacial score (nSPS) is 9.61. The monoisotopic (exact) mass is 256 g/mol. The lowest BCUT2D eigenvalue weighted by Crippen LogP contribution is -2.24. The Morgan fingerprint density at radius 1 is 1.50 bits per heavy atom. The molecular weight excluding hydrogens is 236 g/mol. The summed E-state index contributed by atoms with van der Waals surface area (Å²) >= 11 is 0. The first-order chi connectivity index (χ1) is 8.54. The largest absolute Gasteiger partial charge is 0.432 e. The van der Waals surface area contributed by atoms with Crippen LogP contribution in [0.2, 0.25) is 0 Å². The maximum absolute atomic E-state index is 8.12. The van der Waals surface area contributed by atoms with E-state index in [1.54, 1.807) is 6.26 Å². The molecule has 0 saturated heterocycles. The first kappa shape index (κ1) is 16.4. The lowest BCUT2D eigenvalue weighted by molar-refractivity contribution is -0.191. The summed E-state index contributed by atoms with van der Waals surface area (Å²) in [5.41, 5.74) is 0.988. The molecule has 6 nitrogen and oxygen atoms in total. The third-order valence-corrected chi connectivity index (χ3v) is 2.11. The van der Waals surface area contributed by atoms with E-state index < -0.39 is 0 Å². The van der Waals surface area contributed by atoms with Gasteiger partial charge in [-0.1, -0.05) is 6.92 Å². The Balaban J connectivity index is 0.000000873. The predicted octanol–water partition coefficient (Wildman–Crippen LogP) is 1.51. The lowest BCUT2D eigenvalue weighted by atomic mass is 10.4. The minimum atomic E-state index is 0.250. The molecule has 102 valence electrons. The van der Waals surface area contributed by atoms with Gasteiger partial charge in [-0.3, -0.25) is 0 Å². The second-order valence-electron chi connectivity index (χ2n) is 3.90. The molecular formula is C12H20N2O4. The molecule has 0 fully saturated rings. The highest BCUT2D eigenvalue weighted by atomic mass is 16.5. The number of rotatable bonds is 6. The SMILES string of the molecule is CCc1coc(N(C)CCOC(C)C)n1.O=C=O. The zero-order chi connectivity index (χ0) is 14.0. The van der Waals surface area contributed by atoms with Gasteiger partial charge < -0.3 is 14.1 Å². The number of hydrogen-bond donors (Lipinski definition) is 0. The van der Waals surface area contributed by atoms with Crippen molar-refractivity contribution in [2.24, 2.45) is 0 Å². The average molecular weight is 256 g/mol. The van der Waals surface area contributed by atoms with Gasteiger partial charge in [0, 0.05) is 13.6 Å². The molecule has 1 aromatic heterocycles. The summed E-state index contributed by atoms with van der Waals surface area (Å²) in [7, 11) is 1.95. The van der Waals surface area contributed by atoms with Crippen LogP contribution in [0.15, 0.2) is 10.7 Å². The number of nitrogens with zero attached hydrogens (tertiary/aromatic N) is 2. The van der Waals surface area contributed by atoms with E-state index in [-0.39, 0.29) is 12.3 Å². The average Bonchev–Trinajstić information content (AvgIpc) is 2.78. The lowest BCUT2D eigenvalue weighted by Gasteiger charge is -2.15. The minimum absolute atomic E-state index is 0.250. The van der Waals surface area contributed by atoms with E-state index in [1.165, 1.54) is 0 Å². The standard InChI is InChI=1S/C11H20N2O2.CO2/c1-5-10-8-15-11(12-10)13(4)6-7-14-9(2)3;2-1-3/h8-9H,5-7H2,1-4H3;. The second kappa shape index (κ2) is 9.39. The molecule has 0 aliphatic heterocycles. The summed E-state index contributed by atoms with van der Waals surface area (Å²) in [4.78, 5) is 22.5. The van der Waals surface area contributed by atoms with Crippen molar-refractivity contribution >= 4 is 12.2 Å². The van der Waals surface area contributed by atoms with Gasteiger partial charge in [0.05, 0.1) is 18.4 Å². The number of aromatic nitrogens is 1. The van der Waals surface area contributed by atoms with Gasteiger partial charge in [0.15, 0.2) is 0 Å². The minimum Gasteiger partial charge on any atom is -0.432 e. The number of aryl methyl sites for hydroxylation is 1. The third kappa shape index (κ3) is 6.83. The van der Waals surface area contributed by atoms with Crippen molar-refractivity contribution in [2.45, 2.75) is 33.3 Å². The van der Waals surface area contributed by atoms with Gasteiger partial charge in [0.2, 0.25) is 0 Å². The van der Waals surface area contributed by atoms with Crippen LogP contribution >= 0.6 is 0 Å². The molecule has 6 heteroatoms. The maximum atomic E-state index is 8.12. The molecule has 1 aromatic rings. The number of likely N-dealkylation sites (N-methyl/N-ethyl adjacent to an activating group) is 1. The smallest absolute Gasteiger partial charge is 0.373 e. The molecule has 0 amide bonds. The van der Waals surface area contributed by atoms with Gasteiger partial charge in [0.25, 0.3) is 6.01 Å². The van der Waals surface area contributed by atoms with Crippen LogP contribution in [-0.4, -0.2) is 37.4 Å². The van der Waals surface area contributed by atoms with Crippen molar-refractivity contribution in [3.05, 3.63) is 12.0 Å². The Hall–Kier alpha value is -1.65. The number of ether oxygens (including phenoxy) is 1. The van der Waals surface area contributed by atoms with Crippen LogP contribution in [0.3, 0.4) is 0 Å². The topological polar surface area (TPSA) is 72.6 Å². The van der Waals surface area contributed by atoms with Gasteiger partial charge in [-0.15, -0.1) is 0 Å². The first-order valence-electron chi connectivity index (χ1n) is 5.81. The first-order valence-corrected chi connectivity index (χ1v) is 5.81. The fourth-order valence-corrected chi connectivity index (χ4v) is 1.15. The Labute approximate surface area is 107 Å². The van der Waals surface area contributed by atoms with Crippen LogP contribution in [0, 0.1) is 0 Å². The number of anilines is 1. The summed E-state index contributed by atoms with van der Waals surface area (Å²) < 4.78 is 10.8.